The first-order valence-corrected chi connectivity index (χ1v) is 8.42. The summed E-state index contributed by atoms with van der Waals surface area (Å²) in [5, 5.41) is 2.98. The highest BCUT2D eigenvalue weighted by atomic mass is 16.2. The molecule has 4 heteroatoms. The average molecular weight is 320 g/mol. The van der Waals surface area contributed by atoms with Gasteiger partial charge in [0.2, 0.25) is 5.91 Å². The molecule has 0 saturated carbocycles. The number of aryl methyl sites for hydroxylation is 2. The van der Waals surface area contributed by atoms with Crippen LogP contribution in [0.15, 0.2) is 36.4 Å². The van der Waals surface area contributed by atoms with E-state index in [9.17, 15) is 9.59 Å². The molecule has 0 aliphatic carbocycles. The molecule has 2 aliphatic rings. The van der Waals surface area contributed by atoms with Crippen molar-refractivity contribution in [2.45, 2.75) is 32.7 Å². The Balaban J connectivity index is 1.54. The van der Waals surface area contributed by atoms with E-state index in [1.807, 2.05) is 48.2 Å². The summed E-state index contributed by atoms with van der Waals surface area (Å²) in [4.78, 5) is 26.5. The standard InChI is InChI=1S/C20H20N2O2/c1-13-4-6-14(7-5-13)12-21-20(24)17-9-15-3-2-8-22-18(23)11-16(10-17)19(15)22/h4-7,9-10H,2-3,8,11-12H2,1H3,(H,21,24). The summed E-state index contributed by atoms with van der Waals surface area (Å²) in [6.45, 7) is 3.36. The Morgan fingerprint density at radius 2 is 1.92 bits per heavy atom. The summed E-state index contributed by atoms with van der Waals surface area (Å²) in [6.07, 6.45) is 2.32. The van der Waals surface area contributed by atoms with Gasteiger partial charge in [-0.2, -0.15) is 0 Å². The molecule has 4 rings (SSSR count). The molecule has 2 heterocycles. The number of rotatable bonds is 3. The Bertz CT molecular complexity index is 824. The highest BCUT2D eigenvalue weighted by Crippen LogP contribution is 2.37. The van der Waals surface area contributed by atoms with E-state index in [1.165, 1.54) is 5.56 Å². The Labute approximate surface area is 141 Å². The highest BCUT2D eigenvalue weighted by Gasteiger charge is 2.32. The van der Waals surface area contributed by atoms with E-state index >= 15 is 0 Å². The van der Waals surface area contributed by atoms with Gasteiger partial charge < -0.3 is 10.2 Å². The number of amides is 2. The van der Waals surface area contributed by atoms with Crippen LogP contribution < -0.4 is 10.2 Å². The molecule has 4 nitrogen and oxygen atoms in total. The zero-order valence-corrected chi connectivity index (χ0v) is 13.8. The van der Waals surface area contributed by atoms with Gasteiger partial charge in [-0.15, -0.1) is 0 Å². The van der Waals surface area contributed by atoms with Gasteiger partial charge in [0.25, 0.3) is 5.91 Å². The number of benzene rings is 2. The van der Waals surface area contributed by atoms with Crippen LogP contribution >= 0.6 is 0 Å². The smallest absolute Gasteiger partial charge is 0.251 e. The maximum absolute atomic E-state index is 12.5. The minimum atomic E-state index is -0.0777. The fourth-order valence-corrected chi connectivity index (χ4v) is 3.60. The fourth-order valence-electron chi connectivity index (χ4n) is 3.60. The van der Waals surface area contributed by atoms with Gasteiger partial charge in [0.1, 0.15) is 0 Å². The number of hydrogen-bond acceptors (Lipinski definition) is 2. The third kappa shape index (κ3) is 2.58. The quantitative estimate of drug-likeness (QED) is 0.945. The zero-order valence-electron chi connectivity index (χ0n) is 13.8. The molecule has 0 fully saturated rings. The molecule has 0 bridgehead atoms. The monoisotopic (exact) mass is 320 g/mol. The van der Waals surface area contributed by atoms with E-state index in [1.54, 1.807) is 0 Å². The molecule has 2 aromatic rings. The molecule has 0 saturated heterocycles. The first-order valence-electron chi connectivity index (χ1n) is 8.42. The van der Waals surface area contributed by atoms with E-state index in [0.29, 0.717) is 18.5 Å². The van der Waals surface area contributed by atoms with Crippen molar-refractivity contribution in [2.24, 2.45) is 0 Å². The fraction of sp³-hybridized carbons (Fsp3) is 0.300. The normalized spacial score (nSPS) is 15.4. The molecule has 0 unspecified atom stereocenters. The van der Waals surface area contributed by atoms with E-state index in [-0.39, 0.29) is 11.8 Å². The van der Waals surface area contributed by atoms with Crippen LogP contribution in [0.3, 0.4) is 0 Å². The topological polar surface area (TPSA) is 49.4 Å². The van der Waals surface area contributed by atoms with Gasteiger partial charge in [-0.05, 0) is 48.6 Å². The molecule has 1 N–H and O–H groups in total. The Morgan fingerprint density at radius 1 is 1.17 bits per heavy atom. The second kappa shape index (κ2) is 5.78. The number of nitrogens with one attached hydrogen (secondary N) is 1. The first kappa shape index (κ1) is 14.9. The summed E-state index contributed by atoms with van der Waals surface area (Å²) in [7, 11) is 0. The molecular weight excluding hydrogens is 300 g/mol. The Kier molecular flexibility index (Phi) is 3.60. The van der Waals surface area contributed by atoms with Crippen molar-refractivity contribution in [1.82, 2.24) is 5.32 Å². The van der Waals surface area contributed by atoms with E-state index in [0.717, 1.165) is 41.8 Å². The third-order valence-electron chi connectivity index (χ3n) is 4.84. The highest BCUT2D eigenvalue weighted by molar-refractivity contribution is 6.04. The van der Waals surface area contributed by atoms with Crippen molar-refractivity contribution >= 4 is 17.5 Å². The molecule has 2 aliphatic heterocycles. The number of carbonyl (C=O) groups excluding carboxylic acids is 2. The van der Waals surface area contributed by atoms with Crippen LogP contribution in [-0.2, 0) is 24.2 Å². The van der Waals surface area contributed by atoms with Crippen molar-refractivity contribution in [1.29, 1.82) is 0 Å². The van der Waals surface area contributed by atoms with Gasteiger partial charge in [-0.3, -0.25) is 9.59 Å². The molecule has 24 heavy (non-hydrogen) atoms. The molecule has 0 aromatic heterocycles. The molecule has 122 valence electrons. The van der Waals surface area contributed by atoms with Crippen LogP contribution in [0.4, 0.5) is 5.69 Å². The minimum absolute atomic E-state index is 0.0777. The lowest BCUT2D eigenvalue weighted by atomic mass is 9.96. The van der Waals surface area contributed by atoms with Crippen LogP contribution in [0.1, 0.15) is 39.0 Å². The van der Waals surface area contributed by atoms with Crippen LogP contribution in [0.25, 0.3) is 0 Å². The van der Waals surface area contributed by atoms with Gasteiger partial charge in [0, 0.05) is 18.7 Å². The maximum Gasteiger partial charge on any atom is 0.251 e. The van der Waals surface area contributed by atoms with Gasteiger partial charge in [-0.25, -0.2) is 0 Å². The lowest BCUT2D eigenvalue weighted by Gasteiger charge is -2.25. The largest absolute Gasteiger partial charge is 0.348 e. The lowest BCUT2D eigenvalue weighted by Crippen LogP contribution is -2.31. The number of carbonyl (C=O) groups is 2. The third-order valence-corrected chi connectivity index (χ3v) is 4.84. The van der Waals surface area contributed by atoms with E-state index < -0.39 is 0 Å². The first-order chi connectivity index (χ1) is 11.6. The second-order valence-electron chi connectivity index (χ2n) is 6.64. The lowest BCUT2D eigenvalue weighted by molar-refractivity contribution is -0.117. The Morgan fingerprint density at radius 3 is 2.71 bits per heavy atom. The van der Waals surface area contributed by atoms with E-state index in [2.05, 4.69) is 5.32 Å². The average Bonchev–Trinajstić information content (AvgIpc) is 2.91. The van der Waals surface area contributed by atoms with Gasteiger partial charge in [0.05, 0.1) is 12.1 Å². The molecular formula is C20H20N2O2. The zero-order chi connectivity index (χ0) is 16.7. The van der Waals surface area contributed by atoms with Crippen LogP contribution in [0.2, 0.25) is 0 Å². The summed E-state index contributed by atoms with van der Waals surface area (Å²) in [6, 6.07) is 12.0. The molecule has 0 radical (unpaired) electrons. The molecule has 0 atom stereocenters. The van der Waals surface area contributed by atoms with Gasteiger partial charge in [0.15, 0.2) is 0 Å². The predicted octanol–water partition coefficient (Wildman–Crippen LogP) is 2.76. The number of nitrogens with zero attached hydrogens (tertiary/aromatic N) is 1. The van der Waals surface area contributed by atoms with Crippen LogP contribution in [0.5, 0.6) is 0 Å². The van der Waals surface area contributed by atoms with Crippen LogP contribution in [0, 0.1) is 6.92 Å². The van der Waals surface area contributed by atoms with Gasteiger partial charge in [-0.1, -0.05) is 29.8 Å². The maximum atomic E-state index is 12.5. The van der Waals surface area contributed by atoms with Crippen molar-refractivity contribution in [3.63, 3.8) is 0 Å². The van der Waals surface area contributed by atoms with Crippen molar-refractivity contribution in [3.8, 4) is 0 Å². The summed E-state index contributed by atoms with van der Waals surface area (Å²) < 4.78 is 0. The van der Waals surface area contributed by atoms with Crippen LogP contribution in [-0.4, -0.2) is 18.4 Å². The summed E-state index contributed by atoms with van der Waals surface area (Å²) >= 11 is 0. The minimum Gasteiger partial charge on any atom is -0.348 e. The predicted molar refractivity (Wildman–Crippen MR) is 93.2 cm³/mol. The number of anilines is 1. The molecule has 2 amide bonds. The summed E-state index contributed by atoms with van der Waals surface area (Å²) in [5.41, 5.74) is 6.13. The van der Waals surface area contributed by atoms with Crippen molar-refractivity contribution < 1.29 is 9.59 Å². The molecule has 0 spiro atoms. The summed E-state index contributed by atoms with van der Waals surface area (Å²) in [5.74, 6) is 0.0780. The Hall–Kier alpha value is -2.62. The number of hydrogen-bond donors (Lipinski definition) is 1. The van der Waals surface area contributed by atoms with Gasteiger partial charge >= 0.3 is 0 Å². The van der Waals surface area contributed by atoms with Crippen molar-refractivity contribution in [3.05, 3.63) is 64.2 Å². The molecule has 2 aromatic carbocycles. The van der Waals surface area contributed by atoms with E-state index in [4.69, 9.17) is 0 Å². The second-order valence-corrected chi connectivity index (χ2v) is 6.64. The SMILES string of the molecule is Cc1ccc(CNC(=O)c2cc3c4c(c2)CC(=O)N4CCC3)cc1. The van der Waals surface area contributed by atoms with Crippen molar-refractivity contribution in [2.75, 3.05) is 11.4 Å².